The van der Waals surface area contributed by atoms with Crippen LogP contribution < -0.4 is 10.6 Å². The number of hydrogen-bond donors (Lipinski definition) is 1. The fraction of sp³-hybridized carbons (Fsp3) is 0.750. The van der Waals surface area contributed by atoms with E-state index in [1.807, 2.05) is 11.7 Å². The molecular weight excluding hydrogens is 214 g/mol. The number of aromatic nitrogens is 2. The second kappa shape index (κ2) is 4.56. The predicted molar refractivity (Wildman–Crippen MR) is 71.3 cm³/mol. The Labute approximate surface area is 103 Å². The normalized spacial score (nSPS) is 22.1. The molecule has 0 bridgehead atoms. The lowest BCUT2D eigenvalue weighted by Gasteiger charge is -2.39. The van der Waals surface area contributed by atoms with E-state index in [2.05, 4.69) is 35.8 Å². The molecule has 0 aromatic carbocycles. The molecule has 0 amide bonds. The minimum atomic E-state index is 0.483. The fourth-order valence-electron chi connectivity index (χ4n) is 2.64. The van der Waals surface area contributed by atoms with E-state index >= 15 is 0 Å². The first kappa shape index (κ1) is 12.2. The Morgan fingerprint density at radius 3 is 2.59 bits per heavy atom. The highest BCUT2D eigenvalue weighted by Crippen LogP contribution is 2.29. The summed E-state index contributed by atoms with van der Waals surface area (Å²) in [6.45, 7) is 7.51. The molecule has 5 nitrogen and oxygen atoms in total. The van der Waals surface area contributed by atoms with Crippen molar-refractivity contribution in [2.24, 2.45) is 7.05 Å². The number of nitrogen functional groups attached to an aromatic ring is 1. The van der Waals surface area contributed by atoms with E-state index < -0.39 is 0 Å². The number of nitrogens with two attached hydrogens (primary N) is 1. The summed E-state index contributed by atoms with van der Waals surface area (Å²) in [4.78, 5) is 4.73. The van der Waals surface area contributed by atoms with Crippen LogP contribution in [0.3, 0.4) is 0 Å². The zero-order valence-corrected chi connectivity index (χ0v) is 11.3. The molecule has 0 spiro atoms. The van der Waals surface area contributed by atoms with Crippen LogP contribution in [0, 0.1) is 0 Å². The van der Waals surface area contributed by atoms with Gasteiger partial charge in [-0.2, -0.15) is 5.10 Å². The standard InChI is InChI=1S/C12H23N5/c1-5-10-11(13)12(16(4)14-10)17-7-6-15(3)8-9(17)2/h9H,5-8,13H2,1-4H3. The first-order valence-electron chi connectivity index (χ1n) is 6.31. The molecule has 2 rings (SSSR count). The van der Waals surface area contributed by atoms with E-state index in [-0.39, 0.29) is 0 Å². The van der Waals surface area contributed by atoms with Crippen LogP contribution in [0.1, 0.15) is 19.5 Å². The molecule has 1 atom stereocenters. The van der Waals surface area contributed by atoms with E-state index in [9.17, 15) is 0 Å². The van der Waals surface area contributed by atoms with Crippen molar-refractivity contribution in [3.8, 4) is 0 Å². The largest absolute Gasteiger partial charge is 0.394 e. The van der Waals surface area contributed by atoms with Crippen LogP contribution in [0.4, 0.5) is 11.5 Å². The lowest BCUT2D eigenvalue weighted by atomic mass is 10.2. The van der Waals surface area contributed by atoms with Crippen LogP contribution in [-0.2, 0) is 13.5 Å². The number of rotatable bonds is 2. The van der Waals surface area contributed by atoms with Crippen molar-refractivity contribution >= 4 is 11.5 Å². The summed E-state index contributed by atoms with van der Waals surface area (Å²) in [5.74, 6) is 1.09. The van der Waals surface area contributed by atoms with Gasteiger partial charge in [0.2, 0.25) is 0 Å². The second-order valence-corrected chi connectivity index (χ2v) is 4.97. The second-order valence-electron chi connectivity index (χ2n) is 4.97. The van der Waals surface area contributed by atoms with Gasteiger partial charge in [0, 0.05) is 32.7 Å². The maximum Gasteiger partial charge on any atom is 0.150 e. The predicted octanol–water partition coefficient (Wildman–Crippen LogP) is 0.705. The number of piperazine rings is 1. The van der Waals surface area contributed by atoms with Crippen LogP contribution in [-0.4, -0.2) is 47.4 Å². The molecule has 17 heavy (non-hydrogen) atoms. The van der Waals surface area contributed by atoms with Crippen molar-refractivity contribution in [3.63, 3.8) is 0 Å². The zero-order valence-electron chi connectivity index (χ0n) is 11.3. The Hall–Kier alpha value is -1.23. The molecule has 1 fully saturated rings. The quantitative estimate of drug-likeness (QED) is 0.823. The lowest BCUT2D eigenvalue weighted by molar-refractivity contribution is 0.273. The number of anilines is 2. The van der Waals surface area contributed by atoms with E-state index in [1.165, 1.54) is 0 Å². The Bertz CT molecular complexity index is 398. The van der Waals surface area contributed by atoms with Crippen molar-refractivity contribution < 1.29 is 0 Å². The molecule has 1 saturated heterocycles. The summed E-state index contributed by atoms with van der Waals surface area (Å²) in [6, 6.07) is 0.483. The number of nitrogens with zero attached hydrogens (tertiary/aromatic N) is 4. The monoisotopic (exact) mass is 237 g/mol. The lowest BCUT2D eigenvalue weighted by Crippen LogP contribution is -2.51. The molecule has 1 unspecified atom stereocenters. The van der Waals surface area contributed by atoms with E-state index in [4.69, 9.17) is 5.73 Å². The summed E-state index contributed by atoms with van der Waals surface area (Å²) < 4.78 is 1.93. The Kier molecular flexibility index (Phi) is 3.28. The summed E-state index contributed by atoms with van der Waals surface area (Å²) in [5.41, 5.74) is 8.06. The Morgan fingerprint density at radius 1 is 1.35 bits per heavy atom. The molecule has 0 radical (unpaired) electrons. The van der Waals surface area contributed by atoms with Crippen molar-refractivity contribution in [1.82, 2.24) is 14.7 Å². The van der Waals surface area contributed by atoms with E-state index in [0.717, 1.165) is 43.3 Å². The van der Waals surface area contributed by atoms with Crippen LogP contribution >= 0.6 is 0 Å². The molecular formula is C12H23N5. The third-order valence-electron chi connectivity index (χ3n) is 3.57. The highest BCUT2D eigenvalue weighted by molar-refractivity contribution is 5.67. The van der Waals surface area contributed by atoms with Gasteiger partial charge in [-0.05, 0) is 20.4 Å². The van der Waals surface area contributed by atoms with Crippen molar-refractivity contribution in [2.45, 2.75) is 26.3 Å². The molecule has 2 N–H and O–H groups in total. The third kappa shape index (κ3) is 2.11. The average molecular weight is 237 g/mol. The Balaban J connectivity index is 2.30. The SMILES string of the molecule is CCc1nn(C)c(N2CCN(C)CC2C)c1N. The molecule has 1 aromatic heterocycles. The maximum absolute atomic E-state index is 6.20. The Morgan fingerprint density at radius 2 is 2.06 bits per heavy atom. The van der Waals surface area contributed by atoms with Gasteiger partial charge >= 0.3 is 0 Å². The van der Waals surface area contributed by atoms with E-state index in [1.54, 1.807) is 0 Å². The van der Waals surface area contributed by atoms with Gasteiger partial charge < -0.3 is 15.5 Å². The molecule has 0 aliphatic carbocycles. The molecule has 1 aliphatic heterocycles. The van der Waals surface area contributed by atoms with Gasteiger partial charge in [0.25, 0.3) is 0 Å². The van der Waals surface area contributed by atoms with Crippen molar-refractivity contribution in [1.29, 1.82) is 0 Å². The van der Waals surface area contributed by atoms with Gasteiger partial charge in [-0.3, -0.25) is 4.68 Å². The first-order valence-corrected chi connectivity index (χ1v) is 6.31. The van der Waals surface area contributed by atoms with Crippen molar-refractivity contribution in [2.75, 3.05) is 37.3 Å². The highest BCUT2D eigenvalue weighted by atomic mass is 15.4. The van der Waals surface area contributed by atoms with Gasteiger partial charge in [-0.1, -0.05) is 6.92 Å². The molecule has 2 heterocycles. The smallest absolute Gasteiger partial charge is 0.150 e. The van der Waals surface area contributed by atoms with Gasteiger partial charge in [0.15, 0.2) is 5.82 Å². The zero-order chi connectivity index (χ0) is 12.6. The first-order chi connectivity index (χ1) is 8.04. The minimum absolute atomic E-state index is 0.483. The van der Waals surface area contributed by atoms with Crippen LogP contribution in [0.5, 0.6) is 0 Å². The summed E-state index contributed by atoms with van der Waals surface area (Å²) >= 11 is 0. The van der Waals surface area contributed by atoms with E-state index in [0.29, 0.717) is 6.04 Å². The molecule has 1 aromatic rings. The molecule has 96 valence electrons. The van der Waals surface area contributed by atoms with Crippen LogP contribution in [0.25, 0.3) is 0 Å². The average Bonchev–Trinajstić information content (AvgIpc) is 2.55. The van der Waals surface area contributed by atoms with Gasteiger partial charge in [-0.15, -0.1) is 0 Å². The van der Waals surface area contributed by atoms with Gasteiger partial charge in [0.05, 0.1) is 11.4 Å². The molecule has 5 heteroatoms. The fourth-order valence-corrected chi connectivity index (χ4v) is 2.64. The van der Waals surface area contributed by atoms with Gasteiger partial charge in [-0.25, -0.2) is 0 Å². The molecule has 1 aliphatic rings. The minimum Gasteiger partial charge on any atom is -0.394 e. The summed E-state index contributed by atoms with van der Waals surface area (Å²) in [7, 11) is 4.15. The van der Waals surface area contributed by atoms with Crippen LogP contribution in [0.2, 0.25) is 0 Å². The summed E-state index contributed by atoms with van der Waals surface area (Å²) in [5, 5.41) is 4.49. The summed E-state index contributed by atoms with van der Waals surface area (Å²) in [6.07, 6.45) is 0.891. The van der Waals surface area contributed by atoms with Gasteiger partial charge in [0.1, 0.15) is 0 Å². The molecule has 0 saturated carbocycles. The highest BCUT2D eigenvalue weighted by Gasteiger charge is 2.26. The van der Waals surface area contributed by atoms with Crippen LogP contribution in [0.15, 0.2) is 0 Å². The van der Waals surface area contributed by atoms with Crippen molar-refractivity contribution in [3.05, 3.63) is 5.69 Å². The topological polar surface area (TPSA) is 50.3 Å². The number of likely N-dealkylation sites (N-methyl/N-ethyl adjacent to an activating group) is 1. The third-order valence-corrected chi connectivity index (χ3v) is 3.57. The number of hydrogen-bond acceptors (Lipinski definition) is 4. The maximum atomic E-state index is 6.20. The number of aryl methyl sites for hydroxylation is 2.